The average Bonchev–Trinajstić information content (AvgIpc) is 3.54. The fourth-order valence-electron chi connectivity index (χ4n) is 4.13. The zero-order valence-electron chi connectivity index (χ0n) is 21.7. The minimum absolute atomic E-state index is 0.0329. The molecule has 2 atom stereocenters. The maximum atomic E-state index is 14.9. The number of halogens is 2. The van der Waals surface area contributed by atoms with Crippen LogP contribution in [-0.2, 0) is 4.74 Å². The highest BCUT2D eigenvalue weighted by atomic mass is 19.1. The summed E-state index contributed by atoms with van der Waals surface area (Å²) < 4.78 is 61.9. The maximum absolute atomic E-state index is 14.9. The van der Waals surface area contributed by atoms with Crippen LogP contribution in [0.15, 0.2) is 30.6 Å². The van der Waals surface area contributed by atoms with Gasteiger partial charge in [-0.15, -0.1) is 0 Å². The Morgan fingerprint density at radius 1 is 1.09 bits per heavy atom. The summed E-state index contributed by atoms with van der Waals surface area (Å²) in [5.74, 6) is -1.99. The summed E-state index contributed by atoms with van der Waals surface area (Å²) in [7, 11) is 0. The normalized spacial score (nSPS) is 25.6. The van der Waals surface area contributed by atoms with Crippen LogP contribution in [0, 0.1) is 25.5 Å². The molecule has 1 saturated heterocycles. The highest BCUT2D eigenvalue weighted by Crippen LogP contribution is 2.40. The summed E-state index contributed by atoms with van der Waals surface area (Å²) in [6.07, 6.45) is 3.53. The van der Waals surface area contributed by atoms with Gasteiger partial charge in [0.2, 0.25) is 0 Å². The van der Waals surface area contributed by atoms with Crippen molar-refractivity contribution in [2.45, 2.75) is 57.6 Å². The molecule has 1 aromatic carbocycles. The zero-order chi connectivity index (χ0) is 26.1. The molecule has 4 aromatic rings. The molecule has 4 heterocycles. The van der Waals surface area contributed by atoms with Crippen LogP contribution in [0.5, 0.6) is 0 Å². The average molecular weight is 466 g/mol. The topological polar surface area (TPSA) is 78.6 Å². The van der Waals surface area contributed by atoms with Crippen molar-refractivity contribution < 1.29 is 17.6 Å². The predicted octanol–water partition coefficient (Wildman–Crippen LogP) is 5.15. The summed E-state index contributed by atoms with van der Waals surface area (Å²) in [4.78, 5) is 18.3. The molecule has 9 heteroatoms. The van der Waals surface area contributed by atoms with E-state index in [0.29, 0.717) is 23.0 Å². The minimum atomic E-state index is -2.15. The largest absolute Gasteiger partial charge is 0.373 e. The second kappa shape index (κ2) is 8.16. The second-order valence-electron chi connectivity index (χ2n) is 8.84. The number of rotatable bonds is 4. The first-order valence-electron chi connectivity index (χ1n) is 12.7. The van der Waals surface area contributed by atoms with E-state index in [-0.39, 0.29) is 41.1 Å². The molecule has 0 radical (unpaired) electrons. The molecule has 0 N–H and O–H groups in total. The number of aryl methyl sites for hydroxylation is 2. The van der Waals surface area contributed by atoms with E-state index >= 15 is 0 Å². The molecule has 6 rings (SSSR count). The summed E-state index contributed by atoms with van der Waals surface area (Å²) in [5, 5.41) is 4.35. The third-order valence-electron chi connectivity index (χ3n) is 6.31. The van der Waals surface area contributed by atoms with Gasteiger partial charge in [-0.25, -0.2) is 28.7 Å². The summed E-state index contributed by atoms with van der Waals surface area (Å²) >= 11 is 0. The number of aromatic nitrogens is 6. The molecular formula is C25H24F2N6O. The number of nitrogens with zero attached hydrogens (tertiary/aromatic N) is 6. The fraction of sp³-hybridized carbons (Fsp3) is 0.400. The summed E-state index contributed by atoms with van der Waals surface area (Å²) in [6, 6.07) is 3.50. The van der Waals surface area contributed by atoms with Crippen molar-refractivity contribution >= 4 is 11.2 Å². The molecule has 1 aliphatic heterocycles. The molecule has 0 unspecified atom stereocenters. The van der Waals surface area contributed by atoms with Crippen molar-refractivity contribution in [2.24, 2.45) is 0 Å². The van der Waals surface area contributed by atoms with Gasteiger partial charge in [0.15, 0.2) is 5.65 Å². The van der Waals surface area contributed by atoms with Crippen LogP contribution in [0.2, 0.25) is 0 Å². The Morgan fingerprint density at radius 2 is 1.91 bits per heavy atom. The Labute approximate surface area is 199 Å². The molecule has 34 heavy (non-hydrogen) atoms. The molecule has 2 fully saturated rings. The summed E-state index contributed by atoms with van der Waals surface area (Å²) in [6.45, 7) is 1.39. The van der Waals surface area contributed by atoms with Gasteiger partial charge in [0.1, 0.15) is 28.7 Å². The molecule has 3 aromatic heterocycles. The van der Waals surface area contributed by atoms with Gasteiger partial charge in [0, 0.05) is 35.9 Å². The minimum Gasteiger partial charge on any atom is -0.373 e. The molecule has 7 nitrogen and oxygen atoms in total. The van der Waals surface area contributed by atoms with Crippen LogP contribution < -0.4 is 0 Å². The molecule has 0 bridgehead atoms. The van der Waals surface area contributed by atoms with Crippen molar-refractivity contribution in [3.05, 3.63) is 65.0 Å². The number of ether oxygens (including phenoxy) is 1. The van der Waals surface area contributed by atoms with Gasteiger partial charge in [-0.1, -0.05) is 0 Å². The van der Waals surface area contributed by atoms with Crippen LogP contribution in [0.1, 0.15) is 70.6 Å². The van der Waals surface area contributed by atoms with Gasteiger partial charge in [-0.2, -0.15) is 5.10 Å². The van der Waals surface area contributed by atoms with Gasteiger partial charge >= 0.3 is 0 Å². The van der Waals surface area contributed by atoms with E-state index in [9.17, 15) is 8.78 Å². The number of fused-ring (bicyclic) bond motifs is 1. The SMILES string of the molecule is [2H]C1([2H])C[C@H](c2nc(-c3ccc(F)cc3F)c3nc(C)c(C)nc3n2)C[C@@]([2H])(c2cnn(C3CC3)c2)O1. The molecule has 0 spiro atoms. The second-order valence-corrected chi connectivity index (χ2v) is 8.84. The lowest BCUT2D eigenvalue weighted by Gasteiger charge is -2.28. The quantitative estimate of drug-likeness (QED) is 0.415. The van der Waals surface area contributed by atoms with Gasteiger partial charge in [0.05, 0.1) is 33.8 Å². The van der Waals surface area contributed by atoms with Crippen LogP contribution in [0.4, 0.5) is 8.78 Å². The summed E-state index contributed by atoms with van der Waals surface area (Å²) in [5.41, 5.74) is 2.35. The molecule has 1 aliphatic carbocycles. The Hall–Kier alpha value is -3.33. The Kier molecular flexibility index (Phi) is 4.33. The van der Waals surface area contributed by atoms with Gasteiger partial charge < -0.3 is 4.74 Å². The first-order chi connectivity index (χ1) is 17.5. The third-order valence-corrected chi connectivity index (χ3v) is 6.31. The van der Waals surface area contributed by atoms with Crippen LogP contribution in [0.25, 0.3) is 22.4 Å². The molecule has 1 saturated carbocycles. The van der Waals surface area contributed by atoms with E-state index in [1.807, 2.05) is 0 Å². The first-order valence-corrected chi connectivity index (χ1v) is 11.2. The Bertz CT molecular complexity index is 1540. The molecule has 174 valence electrons. The van der Waals surface area contributed by atoms with E-state index in [1.165, 1.54) is 6.07 Å². The van der Waals surface area contributed by atoms with Crippen LogP contribution in [-0.4, -0.2) is 36.3 Å². The van der Waals surface area contributed by atoms with E-state index in [0.717, 1.165) is 25.0 Å². The van der Waals surface area contributed by atoms with Crippen molar-refractivity contribution in [2.75, 3.05) is 6.56 Å². The molecule has 0 amide bonds. The van der Waals surface area contributed by atoms with E-state index < -0.39 is 30.2 Å². The Balaban J connectivity index is 1.48. The lowest BCUT2D eigenvalue weighted by molar-refractivity contribution is 0.00396. The fourth-order valence-corrected chi connectivity index (χ4v) is 4.13. The Morgan fingerprint density at radius 3 is 2.71 bits per heavy atom. The van der Waals surface area contributed by atoms with Crippen molar-refractivity contribution in [3.8, 4) is 11.3 Å². The van der Waals surface area contributed by atoms with Crippen LogP contribution in [0.3, 0.4) is 0 Å². The number of hydrogen-bond acceptors (Lipinski definition) is 6. The smallest absolute Gasteiger partial charge is 0.182 e. The lowest BCUT2D eigenvalue weighted by Crippen LogP contribution is -2.20. The third kappa shape index (κ3) is 3.83. The number of benzene rings is 1. The molecule has 2 aliphatic rings. The van der Waals surface area contributed by atoms with Gasteiger partial charge in [-0.3, -0.25) is 4.68 Å². The first kappa shape index (κ1) is 18.1. The zero-order valence-corrected chi connectivity index (χ0v) is 18.7. The van der Waals surface area contributed by atoms with Crippen LogP contribution >= 0.6 is 0 Å². The van der Waals surface area contributed by atoms with Gasteiger partial charge in [0.25, 0.3) is 0 Å². The maximum Gasteiger partial charge on any atom is 0.182 e. The van der Waals surface area contributed by atoms with E-state index in [4.69, 9.17) is 8.85 Å². The predicted molar refractivity (Wildman–Crippen MR) is 121 cm³/mol. The monoisotopic (exact) mass is 465 g/mol. The standard InChI is InChI=1S/C25H24F2N6O/c1-13-14(2)30-25-23(29-13)22(19-6-3-17(26)10-20(19)27)31-24(32-25)15-7-8-34-21(9-15)16-11-28-33(12-16)18-4-5-18/h3,6,10-12,15,18,21H,4-5,7-9H2,1-2H3/t15-,21-/m0/s1/i8D2,21D. The lowest BCUT2D eigenvalue weighted by atomic mass is 9.92. The van der Waals surface area contributed by atoms with E-state index in [2.05, 4.69) is 25.0 Å². The van der Waals surface area contributed by atoms with Crippen molar-refractivity contribution in [1.29, 1.82) is 0 Å². The molecular weight excluding hydrogens is 438 g/mol. The van der Waals surface area contributed by atoms with Gasteiger partial charge in [-0.05, 0) is 51.7 Å². The highest BCUT2D eigenvalue weighted by Gasteiger charge is 2.31. The van der Waals surface area contributed by atoms with Crippen molar-refractivity contribution in [3.63, 3.8) is 0 Å². The van der Waals surface area contributed by atoms with Crippen molar-refractivity contribution in [1.82, 2.24) is 29.7 Å². The highest BCUT2D eigenvalue weighted by molar-refractivity contribution is 5.87. The number of hydrogen-bond donors (Lipinski definition) is 0. The van der Waals surface area contributed by atoms with E-state index in [1.54, 1.807) is 30.9 Å².